The van der Waals surface area contributed by atoms with Gasteiger partial charge in [0.25, 0.3) is 0 Å². The van der Waals surface area contributed by atoms with Crippen molar-refractivity contribution < 1.29 is 58.2 Å². The van der Waals surface area contributed by atoms with Crippen molar-refractivity contribution in [1.82, 2.24) is 10.6 Å². The molecule has 6 aliphatic rings. The van der Waals surface area contributed by atoms with Gasteiger partial charge in [0.05, 0.1) is 53.7 Å². The predicted molar refractivity (Wildman–Crippen MR) is 230 cm³/mol. The average molecular weight is 875 g/mol. The van der Waals surface area contributed by atoms with Crippen LogP contribution in [0.4, 0.5) is 0 Å². The summed E-state index contributed by atoms with van der Waals surface area (Å²) >= 11 is 0. The van der Waals surface area contributed by atoms with Gasteiger partial charge in [0, 0.05) is 36.6 Å². The molecular formula is C48H78N2O12. The number of hydrogen-bond donors (Lipinski definition) is 5. The molecule has 0 radical (unpaired) electrons. The van der Waals surface area contributed by atoms with Gasteiger partial charge in [-0.2, -0.15) is 0 Å². The maximum Gasteiger partial charge on any atom is 0.309 e. The minimum Gasteiger partial charge on any atom is -0.481 e. The van der Waals surface area contributed by atoms with Crippen LogP contribution in [0.1, 0.15) is 146 Å². The summed E-state index contributed by atoms with van der Waals surface area (Å²) in [7, 11) is 0. The molecule has 0 aromatic heterocycles. The van der Waals surface area contributed by atoms with E-state index in [2.05, 4.69) is 24.5 Å². The highest BCUT2D eigenvalue weighted by atomic mass is 16.8. The third-order valence-corrected chi connectivity index (χ3v) is 16.2. The SMILES string of the molecule is CCC(C(=O)[C@@H](C)[C@@H](O)[C@H](C)[C@@H]1O[C@@H]([C@@H](CC)C(=O)O)CC[C@@H]1C)[C@H]1O[C@]2(C=C[C@@H](NC(=O)C(=O)NCC3CC3)[C@]3(CC[C@@](C)([C@H]4CC[C@](O)(CC)[C@H](C)O4)O3)O2)[C@H](C)C[C@@H]1C. The first kappa shape index (κ1) is 49.0. The summed E-state index contributed by atoms with van der Waals surface area (Å²) in [5.41, 5.74) is -1.81. The smallest absolute Gasteiger partial charge is 0.309 e. The number of aliphatic hydroxyl groups is 2. The van der Waals surface area contributed by atoms with Crippen LogP contribution in [0.5, 0.6) is 0 Å². The Morgan fingerprint density at radius 3 is 2.15 bits per heavy atom. The summed E-state index contributed by atoms with van der Waals surface area (Å²) in [5, 5.41) is 38.6. The lowest BCUT2D eigenvalue weighted by Gasteiger charge is -2.55. The third-order valence-electron chi connectivity index (χ3n) is 16.2. The second-order valence-electron chi connectivity index (χ2n) is 20.6. The number of ketones is 1. The Morgan fingerprint density at radius 2 is 1.53 bits per heavy atom. The summed E-state index contributed by atoms with van der Waals surface area (Å²) in [5.74, 6) is -7.53. The fourth-order valence-electron chi connectivity index (χ4n) is 11.5. The Kier molecular flexibility index (Phi) is 15.1. The second-order valence-corrected chi connectivity index (χ2v) is 20.6. The van der Waals surface area contributed by atoms with Crippen molar-refractivity contribution >= 4 is 23.6 Å². The minimum atomic E-state index is -1.46. The summed E-state index contributed by atoms with van der Waals surface area (Å²) in [6.45, 7) is 19.9. The van der Waals surface area contributed by atoms with Gasteiger partial charge >= 0.3 is 17.8 Å². The first-order valence-corrected chi connectivity index (χ1v) is 24.0. The first-order valence-electron chi connectivity index (χ1n) is 24.0. The topological polar surface area (TPSA) is 199 Å². The molecule has 352 valence electrons. The van der Waals surface area contributed by atoms with Crippen molar-refractivity contribution in [1.29, 1.82) is 0 Å². The normalized spacial score (nSPS) is 42.2. The Labute approximate surface area is 369 Å². The highest BCUT2D eigenvalue weighted by Gasteiger charge is 2.63. The van der Waals surface area contributed by atoms with E-state index < -0.39 is 101 Å². The standard InChI is InChI=1S/C48H78N2O12/c1-11-33(44(55)56)35-17-14-26(4)40(59-35)30(8)38(51)29(7)39(52)34(12-2)41-27(5)24-28(6)47(60-41)21-18-36(50-43(54)42(53)49-25-32-15-16-32)48(62-47)23-22-45(10,61-48)37-19-20-46(57,13-3)31(9)58-37/h18,21,26-38,40-41,51,57H,11-17,19-20,22-25H2,1-10H3,(H,49,53)(H,50,54)(H,55,56)/t26-,27-,28+,29-,30-,31-,33+,34?,35+,36+,37+,38+,40+,41-,45-,46+,47-,48-/m0/s1. The molecule has 0 aromatic carbocycles. The van der Waals surface area contributed by atoms with Gasteiger partial charge in [0.1, 0.15) is 11.8 Å². The van der Waals surface area contributed by atoms with Crippen LogP contribution >= 0.6 is 0 Å². The monoisotopic (exact) mass is 875 g/mol. The third kappa shape index (κ3) is 9.72. The van der Waals surface area contributed by atoms with Gasteiger partial charge < -0.3 is 49.6 Å². The Bertz CT molecular complexity index is 1660. The highest BCUT2D eigenvalue weighted by molar-refractivity contribution is 6.35. The predicted octanol–water partition coefficient (Wildman–Crippen LogP) is 5.84. The Morgan fingerprint density at radius 1 is 0.839 bits per heavy atom. The van der Waals surface area contributed by atoms with E-state index in [9.17, 15) is 34.5 Å². The molecule has 0 bridgehead atoms. The van der Waals surface area contributed by atoms with Crippen LogP contribution in [0.25, 0.3) is 0 Å². The molecule has 6 rings (SSSR count). The number of rotatable bonds is 15. The van der Waals surface area contributed by atoms with Crippen molar-refractivity contribution in [3.8, 4) is 0 Å². The van der Waals surface area contributed by atoms with Crippen LogP contribution in [-0.2, 0) is 42.9 Å². The van der Waals surface area contributed by atoms with Crippen LogP contribution in [0.3, 0.4) is 0 Å². The highest BCUT2D eigenvalue weighted by Crippen LogP contribution is 2.54. The lowest BCUT2D eigenvalue weighted by molar-refractivity contribution is -0.398. The molecule has 1 unspecified atom stereocenters. The minimum absolute atomic E-state index is 0.0551. The number of Topliss-reactive ketones (excluding diaryl/α,β-unsaturated/α-hetero) is 1. The summed E-state index contributed by atoms with van der Waals surface area (Å²) in [4.78, 5) is 53.2. The van der Waals surface area contributed by atoms with Crippen LogP contribution < -0.4 is 10.6 Å². The van der Waals surface area contributed by atoms with E-state index in [-0.39, 0.29) is 29.6 Å². The van der Waals surface area contributed by atoms with Crippen molar-refractivity contribution in [2.45, 2.75) is 212 Å². The number of carbonyl (C=O) groups is 4. The van der Waals surface area contributed by atoms with Gasteiger partial charge in [0.2, 0.25) is 0 Å². The molecule has 2 amide bonds. The largest absolute Gasteiger partial charge is 0.481 e. The van der Waals surface area contributed by atoms with E-state index in [1.807, 2.05) is 60.6 Å². The fraction of sp³-hybridized carbons (Fsp3) is 0.875. The van der Waals surface area contributed by atoms with Crippen LogP contribution in [-0.4, -0.2) is 111 Å². The van der Waals surface area contributed by atoms with Gasteiger partial charge in [-0.1, -0.05) is 61.5 Å². The Balaban J connectivity index is 1.23. The van der Waals surface area contributed by atoms with Crippen molar-refractivity contribution in [2.75, 3.05) is 6.54 Å². The average Bonchev–Trinajstić information content (AvgIpc) is 4.01. The van der Waals surface area contributed by atoms with E-state index in [0.29, 0.717) is 70.3 Å². The zero-order chi connectivity index (χ0) is 45.5. The number of hydrogen-bond acceptors (Lipinski definition) is 11. The summed E-state index contributed by atoms with van der Waals surface area (Å²) < 4.78 is 34.4. The van der Waals surface area contributed by atoms with Gasteiger partial charge in [-0.15, -0.1) is 0 Å². The van der Waals surface area contributed by atoms with E-state index in [1.165, 1.54) is 0 Å². The van der Waals surface area contributed by atoms with Crippen molar-refractivity contribution in [3.63, 3.8) is 0 Å². The van der Waals surface area contributed by atoms with E-state index >= 15 is 0 Å². The fourth-order valence-corrected chi connectivity index (χ4v) is 11.5. The van der Waals surface area contributed by atoms with Gasteiger partial charge in [0.15, 0.2) is 11.6 Å². The van der Waals surface area contributed by atoms with Crippen LogP contribution in [0.2, 0.25) is 0 Å². The van der Waals surface area contributed by atoms with Crippen LogP contribution in [0.15, 0.2) is 12.2 Å². The number of aliphatic carboxylic acids is 1. The van der Waals surface area contributed by atoms with Gasteiger partial charge in [-0.3, -0.25) is 19.2 Å². The quantitative estimate of drug-likeness (QED) is 0.0975. The number of carboxylic acid groups (broad SMARTS) is 1. The maximum atomic E-state index is 14.7. The van der Waals surface area contributed by atoms with Crippen molar-refractivity contribution in [2.24, 2.45) is 47.3 Å². The Hall–Kier alpha value is -2.46. The zero-order valence-electron chi connectivity index (χ0n) is 39.0. The summed E-state index contributed by atoms with van der Waals surface area (Å²) in [6.07, 6.45) is 7.87. The van der Waals surface area contributed by atoms with Crippen LogP contribution in [0, 0.1) is 47.3 Å². The molecule has 62 heavy (non-hydrogen) atoms. The molecular weight excluding hydrogens is 797 g/mol. The van der Waals surface area contributed by atoms with E-state index in [0.717, 1.165) is 19.3 Å². The number of carbonyl (C=O) groups excluding carboxylic acids is 3. The first-order chi connectivity index (χ1) is 29.2. The van der Waals surface area contributed by atoms with E-state index in [4.69, 9.17) is 23.7 Å². The summed E-state index contributed by atoms with van der Waals surface area (Å²) in [6, 6.07) is -0.858. The maximum absolute atomic E-state index is 14.7. The number of amides is 2. The lowest BCUT2D eigenvalue weighted by atomic mass is 9.72. The molecule has 1 aliphatic carbocycles. The lowest BCUT2D eigenvalue weighted by Crippen LogP contribution is -2.66. The van der Waals surface area contributed by atoms with Gasteiger partial charge in [-0.05, 0) is 108 Å². The molecule has 18 atom stereocenters. The van der Waals surface area contributed by atoms with E-state index in [1.54, 1.807) is 6.92 Å². The molecule has 2 spiro atoms. The molecule has 5 aliphatic heterocycles. The molecule has 5 N–H and O–H groups in total. The molecule has 14 nitrogen and oxygen atoms in total. The molecule has 5 fully saturated rings. The molecule has 5 heterocycles. The molecule has 4 saturated heterocycles. The molecule has 0 aromatic rings. The number of aliphatic hydroxyl groups excluding tert-OH is 1. The molecule has 1 saturated carbocycles. The van der Waals surface area contributed by atoms with Gasteiger partial charge in [-0.25, -0.2) is 0 Å². The number of ether oxygens (including phenoxy) is 5. The number of carboxylic acids is 1. The number of nitrogens with one attached hydrogen (secondary N) is 2. The second kappa shape index (κ2) is 19.2. The van der Waals surface area contributed by atoms with Crippen molar-refractivity contribution in [3.05, 3.63) is 12.2 Å². The zero-order valence-corrected chi connectivity index (χ0v) is 39.0. The molecule has 14 heteroatoms.